The highest BCUT2D eigenvalue weighted by molar-refractivity contribution is 7.20. The van der Waals surface area contributed by atoms with Crippen LogP contribution in [-0.2, 0) is 6.54 Å². The predicted octanol–water partition coefficient (Wildman–Crippen LogP) is 5.26. The normalized spacial score (nSPS) is 11.2. The van der Waals surface area contributed by atoms with Crippen LogP contribution in [0.25, 0.3) is 21.3 Å². The zero-order valence-corrected chi connectivity index (χ0v) is 22.6. The summed E-state index contributed by atoms with van der Waals surface area (Å²) in [6, 6.07) is 15.9. The van der Waals surface area contributed by atoms with E-state index in [1.54, 1.807) is 32.0 Å². The number of hydrogen-bond donors (Lipinski definition) is 3. The third kappa shape index (κ3) is 5.40. The molecular formula is C28H26FN7O2S. The minimum absolute atomic E-state index is 0.0548. The van der Waals surface area contributed by atoms with Crippen molar-refractivity contribution in [1.82, 2.24) is 25.3 Å². The number of nitrogens with one attached hydrogen (secondary N) is 3. The molecule has 1 amide bonds. The van der Waals surface area contributed by atoms with E-state index in [9.17, 15) is 14.0 Å². The summed E-state index contributed by atoms with van der Waals surface area (Å²) in [5.74, 6) is -0.574. The van der Waals surface area contributed by atoms with Crippen molar-refractivity contribution in [3.05, 3.63) is 92.5 Å². The predicted molar refractivity (Wildman–Crippen MR) is 152 cm³/mol. The Morgan fingerprint density at radius 2 is 1.82 bits per heavy atom. The zero-order valence-electron chi connectivity index (χ0n) is 21.8. The van der Waals surface area contributed by atoms with E-state index in [1.807, 2.05) is 49.3 Å². The van der Waals surface area contributed by atoms with Gasteiger partial charge < -0.3 is 15.5 Å². The van der Waals surface area contributed by atoms with Crippen molar-refractivity contribution >= 4 is 44.5 Å². The number of anilines is 3. The van der Waals surface area contributed by atoms with Crippen molar-refractivity contribution in [3.8, 4) is 11.3 Å². The Balaban J connectivity index is 1.46. The van der Waals surface area contributed by atoms with Gasteiger partial charge in [0.05, 0.1) is 22.0 Å². The Hall–Kier alpha value is -4.48. The fourth-order valence-corrected chi connectivity index (χ4v) is 5.23. The van der Waals surface area contributed by atoms with E-state index in [4.69, 9.17) is 0 Å². The first kappa shape index (κ1) is 26.1. The third-order valence-electron chi connectivity index (χ3n) is 6.23. The maximum atomic E-state index is 14.9. The van der Waals surface area contributed by atoms with Gasteiger partial charge in [-0.15, -0.1) is 16.4 Å². The molecule has 0 spiro atoms. The second-order valence-electron chi connectivity index (χ2n) is 9.37. The van der Waals surface area contributed by atoms with Crippen LogP contribution in [0.2, 0.25) is 0 Å². The van der Waals surface area contributed by atoms with Gasteiger partial charge in [0.2, 0.25) is 0 Å². The molecule has 5 rings (SSSR count). The van der Waals surface area contributed by atoms with Crippen molar-refractivity contribution in [1.29, 1.82) is 0 Å². The molecule has 0 radical (unpaired) electrons. The number of carbonyl (C=O) groups is 1. The van der Waals surface area contributed by atoms with Gasteiger partial charge in [-0.1, -0.05) is 18.2 Å². The van der Waals surface area contributed by atoms with Gasteiger partial charge in [0.1, 0.15) is 11.5 Å². The molecular weight excluding hydrogens is 517 g/mol. The fraction of sp³-hybridized carbons (Fsp3) is 0.179. The van der Waals surface area contributed by atoms with Gasteiger partial charge in [0, 0.05) is 22.4 Å². The molecule has 0 atom stereocenters. The van der Waals surface area contributed by atoms with Gasteiger partial charge in [-0.2, -0.15) is 10.2 Å². The number of fused-ring (bicyclic) bond motifs is 1. The van der Waals surface area contributed by atoms with Crippen LogP contribution >= 0.6 is 11.3 Å². The molecule has 0 bridgehead atoms. The number of benzene rings is 2. The molecule has 5 aromatic rings. The third-order valence-corrected chi connectivity index (χ3v) is 7.35. The van der Waals surface area contributed by atoms with Gasteiger partial charge in [-0.05, 0) is 75.3 Å². The summed E-state index contributed by atoms with van der Waals surface area (Å²) in [5, 5.41) is 21.8. The largest absolute Gasteiger partial charge is 0.334 e. The van der Waals surface area contributed by atoms with Gasteiger partial charge in [0.15, 0.2) is 5.82 Å². The molecule has 3 N–H and O–H groups in total. The van der Waals surface area contributed by atoms with Crippen LogP contribution in [0.3, 0.4) is 0 Å². The number of H-pyrrole nitrogens is 1. The Morgan fingerprint density at radius 1 is 1.03 bits per heavy atom. The SMILES string of the molecule is Cc1c(-c2n[nH]c(=O)c(Nc3ccc(CN(C)C)nn3)c2C)ccc(F)c1NC(=O)c1cc2ccccc2s1. The van der Waals surface area contributed by atoms with Crippen LogP contribution in [0.5, 0.6) is 0 Å². The Kier molecular flexibility index (Phi) is 7.18. The highest BCUT2D eigenvalue weighted by Gasteiger charge is 2.20. The molecule has 39 heavy (non-hydrogen) atoms. The first-order chi connectivity index (χ1) is 18.7. The first-order valence-electron chi connectivity index (χ1n) is 12.1. The minimum atomic E-state index is -0.570. The summed E-state index contributed by atoms with van der Waals surface area (Å²) in [6.45, 7) is 4.08. The van der Waals surface area contributed by atoms with E-state index in [0.717, 1.165) is 15.8 Å². The minimum Gasteiger partial charge on any atom is -0.334 e. The fourth-order valence-electron chi connectivity index (χ4n) is 4.27. The van der Waals surface area contributed by atoms with Crippen LogP contribution in [-0.4, -0.2) is 45.3 Å². The second kappa shape index (κ2) is 10.7. The van der Waals surface area contributed by atoms with Crippen LogP contribution in [0.4, 0.5) is 21.6 Å². The first-order valence-corrected chi connectivity index (χ1v) is 13.0. The summed E-state index contributed by atoms with van der Waals surface area (Å²) >= 11 is 1.34. The second-order valence-corrected chi connectivity index (χ2v) is 10.5. The average molecular weight is 544 g/mol. The summed E-state index contributed by atoms with van der Waals surface area (Å²) < 4.78 is 15.9. The molecule has 0 saturated heterocycles. The average Bonchev–Trinajstić information content (AvgIpc) is 3.35. The topological polar surface area (TPSA) is 116 Å². The van der Waals surface area contributed by atoms with Gasteiger partial charge in [-0.3, -0.25) is 9.59 Å². The maximum absolute atomic E-state index is 14.9. The van der Waals surface area contributed by atoms with Crippen molar-refractivity contribution < 1.29 is 9.18 Å². The lowest BCUT2D eigenvalue weighted by atomic mass is 9.99. The highest BCUT2D eigenvalue weighted by atomic mass is 32.1. The number of halogens is 1. The monoisotopic (exact) mass is 543 g/mol. The highest BCUT2D eigenvalue weighted by Crippen LogP contribution is 2.34. The summed E-state index contributed by atoms with van der Waals surface area (Å²) in [7, 11) is 3.88. The molecule has 9 nitrogen and oxygen atoms in total. The molecule has 2 aromatic carbocycles. The molecule has 0 aliphatic rings. The van der Waals surface area contributed by atoms with Crippen molar-refractivity contribution in [2.24, 2.45) is 0 Å². The lowest BCUT2D eigenvalue weighted by Crippen LogP contribution is -2.18. The van der Waals surface area contributed by atoms with Crippen LogP contribution in [0, 0.1) is 19.7 Å². The number of carbonyl (C=O) groups excluding carboxylic acids is 1. The van der Waals surface area contributed by atoms with Gasteiger partial charge >= 0.3 is 0 Å². The Morgan fingerprint density at radius 3 is 2.54 bits per heavy atom. The number of nitrogens with zero attached hydrogens (tertiary/aromatic N) is 4. The van der Waals surface area contributed by atoms with E-state index < -0.39 is 17.3 Å². The molecule has 0 saturated carbocycles. The molecule has 0 fully saturated rings. The van der Waals surface area contributed by atoms with E-state index in [2.05, 4.69) is 31.0 Å². The van der Waals surface area contributed by atoms with Crippen LogP contribution in [0.15, 0.2) is 59.4 Å². The number of rotatable bonds is 7. The smallest absolute Gasteiger partial charge is 0.288 e. The van der Waals surface area contributed by atoms with E-state index in [0.29, 0.717) is 39.6 Å². The summed E-state index contributed by atoms with van der Waals surface area (Å²) in [4.78, 5) is 28.2. The molecule has 0 aliphatic heterocycles. The number of aromatic nitrogens is 4. The van der Waals surface area contributed by atoms with Crippen molar-refractivity contribution in [3.63, 3.8) is 0 Å². The molecule has 198 valence electrons. The van der Waals surface area contributed by atoms with Crippen molar-refractivity contribution in [2.45, 2.75) is 20.4 Å². The quantitative estimate of drug-likeness (QED) is 0.257. The molecule has 3 heterocycles. The zero-order chi connectivity index (χ0) is 27.7. The van der Waals surface area contributed by atoms with Gasteiger partial charge in [0.25, 0.3) is 11.5 Å². The van der Waals surface area contributed by atoms with Crippen molar-refractivity contribution in [2.75, 3.05) is 24.7 Å². The van der Waals surface area contributed by atoms with Gasteiger partial charge in [-0.25, -0.2) is 9.49 Å². The maximum Gasteiger partial charge on any atom is 0.288 e. The lowest BCUT2D eigenvalue weighted by molar-refractivity contribution is 0.103. The molecule has 3 aromatic heterocycles. The Labute approximate surface area is 227 Å². The number of amides is 1. The van der Waals surface area contributed by atoms with E-state index >= 15 is 0 Å². The lowest BCUT2D eigenvalue weighted by Gasteiger charge is -2.16. The molecule has 11 heteroatoms. The Bertz CT molecular complexity index is 1710. The number of thiophene rings is 1. The summed E-state index contributed by atoms with van der Waals surface area (Å²) in [5.41, 5.74) is 2.66. The molecule has 0 aliphatic carbocycles. The number of hydrogen-bond acceptors (Lipinski definition) is 8. The van der Waals surface area contributed by atoms with E-state index in [1.165, 1.54) is 17.4 Å². The standard InChI is InChI=1S/C28H26FN7O2S/c1-15-19(10-11-20(29)25(15)31-27(37)22-13-17-7-5-6-8-21(17)39-22)24-16(2)26(28(38)35-34-24)30-23-12-9-18(32-33-23)14-36(3)4/h5-13H,14H2,1-4H3,(H,31,37)(H,35,38)(H,30,33,34). The van der Waals surface area contributed by atoms with Crippen LogP contribution in [0.1, 0.15) is 26.5 Å². The van der Waals surface area contributed by atoms with Crippen LogP contribution < -0.4 is 16.2 Å². The summed E-state index contributed by atoms with van der Waals surface area (Å²) in [6.07, 6.45) is 0. The molecule has 0 unspecified atom stereocenters. The number of aromatic amines is 1. The van der Waals surface area contributed by atoms with E-state index in [-0.39, 0.29) is 11.4 Å².